The number of ether oxygens (including phenoxy) is 1. The van der Waals surface area contributed by atoms with Gasteiger partial charge in [-0.3, -0.25) is 9.79 Å². The molecule has 1 amide bonds. The lowest BCUT2D eigenvalue weighted by molar-refractivity contribution is -0.131. The highest BCUT2D eigenvalue weighted by Gasteiger charge is 2.20. The highest BCUT2D eigenvalue weighted by atomic mass is 16.5. The summed E-state index contributed by atoms with van der Waals surface area (Å²) >= 11 is 0. The van der Waals surface area contributed by atoms with Crippen molar-refractivity contribution in [1.82, 2.24) is 15.5 Å². The molecule has 7 nitrogen and oxygen atoms in total. The van der Waals surface area contributed by atoms with Gasteiger partial charge in [-0.2, -0.15) is 0 Å². The first-order valence-corrected chi connectivity index (χ1v) is 11.4. The normalized spacial score (nSPS) is 14.2. The minimum Gasteiger partial charge on any atom is -0.497 e. The van der Waals surface area contributed by atoms with E-state index in [1.807, 2.05) is 30.0 Å². The van der Waals surface area contributed by atoms with E-state index in [9.17, 15) is 4.79 Å². The van der Waals surface area contributed by atoms with E-state index in [-0.39, 0.29) is 5.91 Å². The SMILES string of the molecule is CCNC(=NCCC(=O)N1CCN(c2ccccc2)CC1)NCCc1ccc(OC)cc1. The maximum absolute atomic E-state index is 12.6. The molecule has 2 aromatic carbocycles. The molecule has 0 radical (unpaired) electrons. The number of carbonyl (C=O) groups is 1. The number of para-hydroxylation sites is 1. The molecule has 1 saturated heterocycles. The summed E-state index contributed by atoms with van der Waals surface area (Å²) in [5, 5.41) is 6.60. The number of nitrogens with one attached hydrogen (secondary N) is 2. The number of amides is 1. The summed E-state index contributed by atoms with van der Waals surface area (Å²) in [5.41, 5.74) is 2.46. The number of guanidine groups is 1. The number of hydrogen-bond donors (Lipinski definition) is 2. The minimum absolute atomic E-state index is 0.176. The smallest absolute Gasteiger partial charge is 0.224 e. The highest BCUT2D eigenvalue weighted by Crippen LogP contribution is 2.16. The van der Waals surface area contributed by atoms with Crippen molar-refractivity contribution in [2.45, 2.75) is 19.8 Å². The fraction of sp³-hybridized carbons (Fsp3) is 0.440. The molecule has 1 heterocycles. The van der Waals surface area contributed by atoms with Gasteiger partial charge in [0.1, 0.15) is 5.75 Å². The Balaban J connectivity index is 1.39. The van der Waals surface area contributed by atoms with Crippen LogP contribution >= 0.6 is 0 Å². The van der Waals surface area contributed by atoms with Crippen LogP contribution in [0.1, 0.15) is 18.9 Å². The second-order valence-corrected chi connectivity index (χ2v) is 7.74. The topological polar surface area (TPSA) is 69.2 Å². The van der Waals surface area contributed by atoms with Crippen LogP contribution < -0.4 is 20.3 Å². The Labute approximate surface area is 191 Å². The van der Waals surface area contributed by atoms with Gasteiger partial charge in [0, 0.05) is 51.4 Å². The molecule has 172 valence electrons. The second kappa shape index (κ2) is 12.6. The lowest BCUT2D eigenvalue weighted by Crippen LogP contribution is -2.49. The van der Waals surface area contributed by atoms with Crippen LogP contribution in [0.25, 0.3) is 0 Å². The lowest BCUT2D eigenvalue weighted by Gasteiger charge is -2.36. The molecule has 2 N–H and O–H groups in total. The average Bonchev–Trinajstić information content (AvgIpc) is 2.85. The number of rotatable bonds is 9. The highest BCUT2D eigenvalue weighted by molar-refractivity contribution is 5.81. The van der Waals surface area contributed by atoms with Crippen molar-refractivity contribution in [1.29, 1.82) is 0 Å². The third kappa shape index (κ3) is 7.18. The maximum Gasteiger partial charge on any atom is 0.224 e. The van der Waals surface area contributed by atoms with Gasteiger partial charge >= 0.3 is 0 Å². The Morgan fingerprint density at radius 3 is 2.38 bits per heavy atom. The fourth-order valence-electron chi connectivity index (χ4n) is 3.73. The van der Waals surface area contributed by atoms with Crippen molar-refractivity contribution in [3.05, 3.63) is 60.2 Å². The van der Waals surface area contributed by atoms with E-state index in [0.29, 0.717) is 13.0 Å². The number of anilines is 1. The quantitative estimate of drug-likeness (QED) is 0.466. The molecule has 0 unspecified atom stereocenters. The first-order valence-electron chi connectivity index (χ1n) is 11.4. The van der Waals surface area contributed by atoms with Crippen LogP contribution in [0.4, 0.5) is 5.69 Å². The van der Waals surface area contributed by atoms with Gasteiger partial charge in [-0.25, -0.2) is 0 Å². The molecule has 0 spiro atoms. The maximum atomic E-state index is 12.6. The molecule has 0 bridgehead atoms. The molecule has 1 aliphatic heterocycles. The molecular formula is C25H35N5O2. The molecule has 1 fully saturated rings. The third-order valence-electron chi connectivity index (χ3n) is 5.56. The van der Waals surface area contributed by atoms with E-state index in [4.69, 9.17) is 4.74 Å². The average molecular weight is 438 g/mol. The van der Waals surface area contributed by atoms with E-state index >= 15 is 0 Å². The van der Waals surface area contributed by atoms with Crippen molar-refractivity contribution in [2.24, 2.45) is 4.99 Å². The largest absolute Gasteiger partial charge is 0.497 e. The van der Waals surface area contributed by atoms with Crippen molar-refractivity contribution in [3.63, 3.8) is 0 Å². The summed E-state index contributed by atoms with van der Waals surface area (Å²) in [7, 11) is 1.67. The van der Waals surface area contributed by atoms with Crippen LogP contribution in [0.5, 0.6) is 5.75 Å². The molecule has 32 heavy (non-hydrogen) atoms. The van der Waals surface area contributed by atoms with Crippen molar-refractivity contribution in [3.8, 4) is 5.75 Å². The summed E-state index contributed by atoms with van der Waals surface area (Å²) in [5.74, 6) is 1.79. The Bertz CT molecular complexity index is 846. The van der Waals surface area contributed by atoms with Gasteiger partial charge in [-0.1, -0.05) is 30.3 Å². The van der Waals surface area contributed by atoms with Crippen LogP contribution in [0.15, 0.2) is 59.6 Å². The van der Waals surface area contributed by atoms with Gasteiger partial charge in [0.05, 0.1) is 13.7 Å². The predicted octanol–water partition coefficient (Wildman–Crippen LogP) is 2.53. The Morgan fingerprint density at radius 2 is 1.72 bits per heavy atom. The molecular weight excluding hydrogens is 402 g/mol. The number of hydrogen-bond acceptors (Lipinski definition) is 4. The third-order valence-corrected chi connectivity index (χ3v) is 5.56. The van der Waals surface area contributed by atoms with Gasteiger partial charge in [-0.05, 0) is 43.2 Å². The Kier molecular flexibility index (Phi) is 9.22. The first-order chi connectivity index (χ1) is 15.7. The van der Waals surface area contributed by atoms with Crippen LogP contribution in [-0.4, -0.2) is 69.7 Å². The summed E-state index contributed by atoms with van der Waals surface area (Å²) in [4.78, 5) is 21.5. The number of piperazine rings is 1. The summed E-state index contributed by atoms with van der Waals surface area (Å²) in [6, 6.07) is 18.5. The number of aliphatic imine (C=N–C) groups is 1. The van der Waals surface area contributed by atoms with E-state index < -0.39 is 0 Å². The summed E-state index contributed by atoms with van der Waals surface area (Å²) < 4.78 is 5.20. The first kappa shape index (κ1) is 23.4. The van der Waals surface area contributed by atoms with Gasteiger partial charge in [-0.15, -0.1) is 0 Å². The standard InChI is InChI=1S/C25H35N5O2/c1-3-26-25(27-15-13-21-9-11-23(32-2)12-10-21)28-16-14-24(31)30-19-17-29(18-20-30)22-7-5-4-6-8-22/h4-12H,3,13-20H2,1-2H3,(H2,26,27,28). The van der Waals surface area contributed by atoms with Crippen LogP contribution in [-0.2, 0) is 11.2 Å². The number of benzene rings is 2. The molecule has 0 saturated carbocycles. The number of nitrogens with zero attached hydrogens (tertiary/aromatic N) is 3. The molecule has 2 aromatic rings. The zero-order chi connectivity index (χ0) is 22.6. The monoisotopic (exact) mass is 437 g/mol. The molecule has 0 aliphatic carbocycles. The second-order valence-electron chi connectivity index (χ2n) is 7.74. The van der Waals surface area contributed by atoms with Crippen molar-refractivity contribution >= 4 is 17.6 Å². The molecule has 0 aromatic heterocycles. The number of carbonyl (C=O) groups excluding carboxylic acids is 1. The Hall–Kier alpha value is -3.22. The van der Waals surface area contributed by atoms with Gasteiger partial charge in [0.15, 0.2) is 5.96 Å². The number of methoxy groups -OCH3 is 1. The van der Waals surface area contributed by atoms with E-state index in [1.165, 1.54) is 11.3 Å². The molecule has 3 rings (SSSR count). The zero-order valence-corrected chi connectivity index (χ0v) is 19.2. The summed E-state index contributed by atoms with van der Waals surface area (Å²) in [6.07, 6.45) is 1.32. The van der Waals surface area contributed by atoms with Gasteiger partial charge < -0.3 is 25.2 Å². The van der Waals surface area contributed by atoms with E-state index in [1.54, 1.807) is 7.11 Å². The van der Waals surface area contributed by atoms with Crippen LogP contribution in [0.2, 0.25) is 0 Å². The molecule has 0 atom stereocenters. The molecule has 7 heteroatoms. The lowest BCUT2D eigenvalue weighted by atomic mass is 10.1. The molecule has 1 aliphatic rings. The van der Waals surface area contributed by atoms with Gasteiger partial charge in [0.25, 0.3) is 0 Å². The van der Waals surface area contributed by atoms with Crippen LogP contribution in [0, 0.1) is 0 Å². The van der Waals surface area contributed by atoms with Crippen LogP contribution in [0.3, 0.4) is 0 Å². The summed E-state index contributed by atoms with van der Waals surface area (Å²) in [6.45, 7) is 7.34. The minimum atomic E-state index is 0.176. The Morgan fingerprint density at radius 1 is 1.00 bits per heavy atom. The zero-order valence-electron chi connectivity index (χ0n) is 19.2. The predicted molar refractivity (Wildman–Crippen MR) is 131 cm³/mol. The van der Waals surface area contributed by atoms with E-state index in [2.05, 4.69) is 56.9 Å². The van der Waals surface area contributed by atoms with Crippen molar-refractivity contribution < 1.29 is 9.53 Å². The van der Waals surface area contributed by atoms with Gasteiger partial charge in [0.2, 0.25) is 5.91 Å². The van der Waals surface area contributed by atoms with E-state index in [0.717, 1.165) is 57.4 Å². The fourth-order valence-corrected chi connectivity index (χ4v) is 3.73. The van der Waals surface area contributed by atoms with Crippen molar-refractivity contribution in [2.75, 3.05) is 57.8 Å².